The van der Waals surface area contributed by atoms with Gasteiger partial charge in [-0.15, -0.1) is 0 Å². The summed E-state index contributed by atoms with van der Waals surface area (Å²) in [4.78, 5) is 0. The molecule has 0 aliphatic carbocycles. The van der Waals surface area contributed by atoms with Gasteiger partial charge in [-0.05, 0) is 20.3 Å². The zero-order chi connectivity index (χ0) is 25.3. The Bertz CT molecular complexity index is 573. The summed E-state index contributed by atoms with van der Waals surface area (Å²) in [5, 5.41) is 0. The van der Waals surface area contributed by atoms with E-state index in [2.05, 4.69) is 9.05 Å². The summed E-state index contributed by atoms with van der Waals surface area (Å²) in [6.45, 7) is 3.21. The lowest BCUT2D eigenvalue weighted by atomic mass is 9.97. The van der Waals surface area contributed by atoms with Crippen LogP contribution < -0.4 is 0 Å². The first-order valence-corrected chi connectivity index (χ1v) is 12.3. The van der Waals surface area contributed by atoms with E-state index in [9.17, 15) is 44.1 Å². The highest BCUT2D eigenvalue weighted by atomic mass is 31.2. The van der Waals surface area contributed by atoms with Gasteiger partial charge in [0.15, 0.2) is 0 Å². The molecule has 0 spiro atoms. The summed E-state index contributed by atoms with van der Waals surface area (Å²) < 4.78 is 144. The lowest BCUT2D eigenvalue weighted by Crippen LogP contribution is -2.64. The minimum Gasteiger partial charge on any atom is -0.309 e. The lowest BCUT2D eigenvalue weighted by molar-refractivity contribution is -0.396. The Morgan fingerprint density at radius 2 is 1.06 bits per heavy atom. The van der Waals surface area contributed by atoms with Crippen LogP contribution in [0.15, 0.2) is 0 Å². The van der Waals surface area contributed by atoms with E-state index < -0.39 is 56.8 Å². The van der Waals surface area contributed by atoms with Crippen molar-refractivity contribution in [2.75, 3.05) is 13.2 Å². The molecule has 13 heteroatoms. The van der Waals surface area contributed by atoms with E-state index in [0.29, 0.717) is 12.8 Å². The molecule has 1 atom stereocenters. The number of unbranched alkanes of at least 4 members (excludes halogenated alkanes) is 7. The van der Waals surface area contributed by atoms with Gasteiger partial charge in [-0.2, -0.15) is 39.5 Å². The summed E-state index contributed by atoms with van der Waals surface area (Å²) >= 11 is 0. The minimum atomic E-state index is -7.07. The van der Waals surface area contributed by atoms with Crippen LogP contribution in [0, 0.1) is 0 Å². The molecular weight excluding hydrogens is 478 g/mol. The first-order chi connectivity index (χ1) is 14.6. The van der Waals surface area contributed by atoms with Crippen LogP contribution in [0.4, 0.5) is 39.5 Å². The lowest BCUT2D eigenvalue weighted by Gasteiger charge is -2.39. The van der Waals surface area contributed by atoms with E-state index in [4.69, 9.17) is 0 Å². The summed E-state index contributed by atoms with van der Waals surface area (Å²) in [5.41, 5.74) is -3.18. The average Bonchev–Trinajstić information content (AvgIpc) is 2.65. The van der Waals surface area contributed by atoms with E-state index in [0.717, 1.165) is 25.7 Å². The number of rotatable bonds is 17. The van der Waals surface area contributed by atoms with Gasteiger partial charge in [0.05, 0.1) is 13.2 Å². The second kappa shape index (κ2) is 12.8. The Labute approximate surface area is 182 Å². The molecule has 0 aromatic heterocycles. The van der Waals surface area contributed by atoms with Crippen molar-refractivity contribution in [2.45, 2.75) is 108 Å². The van der Waals surface area contributed by atoms with Crippen LogP contribution in [-0.4, -0.2) is 42.8 Å². The molecule has 0 radical (unpaired) electrons. The second-order valence-electron chi connectivity index (χ2n) is 7.42. The zero-order valence-corrected chi connectivity index (χ0v) is 19.3. The SMILES string of the molecule is CCCCCCCCCCC(C(F)(F)C(F)(F)C(F)(F)C(F)(F)F)P(=O)(OCC)OCC. The predicted molar refractivity (Wildman–Crippen MR) is 103 cm³/mol. The number of alkyl halides is 9. The van der Waals surface area contributed by atoms with Gasteiger partial charge in [0.2, 0.25) is 0 Å². The molecule has 0 heterocycles. The maximum Gasteiger partial charge on any atom is 0.460 e. The highest BCUT2D eigenvalue weighted by molar-refractivity contribution is 7.54. The molecule has 0 aliphatic heterocycles. The quantitative estimate of drug-likeness (QED) is 0.112. The topological polar surface area (TPSA) is 35.5 Å². The van der Waals surface area contributed by atoms with Gasteiger partial charge >= 0.3 is 31.5 Å². The maximum absolute atomic E-state index is 14.7. The normalized spacial score (nSPS) is 15.2. The molecule has 0 N–H and O–H groups in total. The Morgan fingerprint density at radius 1 is 0.656 bits per heavy atom. The number of hydrogen-bond donors (Lipinski definition) is 0. The first-order valence-electron chi connectivity index (χ1n) is 10.7. The van der Waals surface area contributed by atoms with Gasteiger partial charge in [-0.25, -0.2) is 0 Å². The molecule has 1 unspecified atom stereocenters. The molecule has 0 aromatic rings. The van der Waals surface area contributed by atoms with Gasteiger partial charge in [-0.3, -0.25) is 4.57 Å². The van der Waals surface area contributed by atoms with Gasteiger partial charge in [0, 0.05) is 0 Å². The zero-order valence-electron chi connectivity index (χ0n) is 18.4. The maximum atomic E-state index is 14.7. The van der Waals surface area contributed by atoms with Gasteiger partial charge in [-0.1, -0.05) is 58.3 Å². The fourth-order valence-electron chi connectivity index (χ4n) is 3.18. The van der Waals surface area contributed by atoms with E-state index >= 15 is 0 Å². The van der Waals surface area contributed by atoms with Crippen molar-refractivity contribution in [2.24, 2.45) is 0 Å². The molecule has 0 bridgehead atoms. The Kier molecular flexibility index (Phi) is 12.6. The van der Waals surface area contributed by atoms with Gasteiger partial charge in [0.25, 0.3) is 0 Å². The summed E-state index contributed by atoms with van der Waals surface area (Å²) in [6, 6.07) is 0. The monoisotopic (exact) mass is 510 g/mol. The molecule has 0 fully saturated rings. The Hall–Kier alpha value is -0.480. The van der Waals surface area contributed by atoms with Crippen LogP contribution in [0.1, 0.15) is 78.6 Å². The van der Waals surface area contributed by atoms with Gasteiger partial charge < -0.3 is 9.05 Å². The second-order valence-corrected chi connectivity index (χ2v) is 9.64. The van der Waals surface area contributed by atoms with Gasteiger partial charge in [0.1, 0.15) is 5.66 Å². The largest absolute Gasteiger partial charge is 0.460 e. The van der Waals surface area contributed by atoms with E-state index in [1.807, 2.05) is 6.92 Å². The molecule has 0 rings (SSSR count). The van der Waals surface area contributed by atoms with Crippen LogP contribution in [0.2, 0.25) is 0 Å². The molecule has 0 amide bonds. The molecule has 0 saturated carbocycles. The summed E-state index contributed by atoms with van der Waals surface area (Å²) in [6.07, 6.45) is -3.04. The van der Waals surface area contributed by atoms with Crippen molar-refractivity contribution in [1.82, 2.24) is 0 Å². The van der Waals surface area contributed by atoms with E-state index in [-0.39, 0.29) is 12.8 Å². The van der Waals surface area contributed by atoms with Crippen LogP contribution in [0.25, 0.3) is 0 Å². The first kappa shape index (κ1) is 31.5. The number of hydrogen-bond acceptors (Lipinski definition) is 3. The molecular formula is C19H32F9O3P. The standard InChI is InChI=1S/C19H32F9O3P/c1-4-7-8-9-10-11-12-13-14-15(32(29,30-5-2)31-6-3)16(20,21)17(22,23)18(24,25)19(26,27)28/h15H,4-14H2,1-3H3. The van der Waals surface area contributed by atoms with Crippen molar-refractivity contribution < 1.29 is 53.1 Å². The summed E-state index contributed by atoms with van der Waals surface area (Å²) in [7, 11) is -5.17. The van der Waals surface area contributed by atoms with E-state index in [1.165, 1.54) is 13.8 Å². The predicted octanol–water partition coefficient (Wildman–Crippen LogP) is 8.62. The third kappa shape index (κ3) is 7.52. The van der Waals surface area contributed by atoms with Crippen LogP contribution in [0.3, 0.4) is 0 Å². The Balaban J connectivity index is 5.79. The van der Waals surface area contributed by atoms with E-state index in [1.54, 1.807) is 0 Å². The van der Waals surface area contributed by atoms with Crippen molar-refractivity contribution in [1.29, 1.82) is 0 Å². The molecule has 194 valence electrons. The Morgan fingerprint density at radius 3 is 1.44 bits per heavy atom. The van der Waals surface area contributed by atoms with Crippen molar-refractivity contribution >= 4 is 7.60 Å². The van der Waals surface area contributed by atoms with Crippen molar-refractivity contribution in [3.63, 3.8) is 0 Å². The number of halogens is 9. The smallest absolute Gasteiger partial charge is 0.309 e. The van der Waals surface area contributed by atoms with Crippen LogP contribution in [0.5, 0.6) is 0 Å². The highest BCUT2D eigenvalue weighted by Crippen LogP contribution is 2.65. The molecule has 0 aliphatic rings. The summed E-state index contributed by atoms with van der Waals surface area (Å²) in [5.74, 6) is -20.0. The van der Waals surface area contributed by atoms with Crippen molar-refractivity contribution in [3.05, 3.63) is 0 Å². The fourth-order valence-corrected chi connectivity index (χ4v) is 5.40. The molecule has 0 saturated heterocycles. The third-order valence-corrected chi connectivity index (χ3v) is 7.50. The molecule has 3 nitrogen and oxygen atoms in total. The third-order valence-electron chi connectivity index (χ3n) is 4.92. The van der Waals surface area contributed by atoms with Crippen molar-refractivity contribution in [3.8, 4) is 0 Å². The highest BCUT2D eigenvalue weighted by Gasteiger charge is 2.84. The molecule has 32 heavy (non-hydrogen) atoms. The van der Waals surface area contributed by atoms with Crippen LogP contribution >= 0.6 is 7.60 Å². The average molecular weight is 510 g/mol. The minimum absolute atomic E-state index is 0.207. The molecule has 0 aromatic carbocycles. The van der Waals surface area contributed by atoms with Crippen LogP contribution in [-0.2, 0) is 13.6 Å². The fraction of sp³-hybridized carbons (Fsp3) is 1.00.